The Balaban J connectivity index is 1.98. The number of nitrogens with one attached hydrogen (secondary N) is 2. The number of amides is 2. The SMILES string of the molecule is CCN(CC(=O)Nc1ccc(NC(C)=O)cc1)Cc1cc(OC)ccc1OC. The fourth-order valence-corrected chi connectivity index (χ4v) is 2.77. The average Bonchev–Trinajstić information content (AvgIpc) is 2.68. The third-order valence-corrected chi connectivity index (χ3v) is 4.18. The van der Waals surface area contributed by atoms with Gasteiger partial charge in [-0.2, -0.15) is 0 Å². The molecule has 0 atom stereocenters. The molecule has 2 aromatic carbocycles. The molecule has 2 N–H and O–H groups in total. The van der Waals surface area contributed by atoms with Crippen LogP contribution in [0.25, 0.3) is 0 Å². The summed E-state index contributed by atoms with van der Waals surface area (Å²) in [6.45, 7) is 4.96. The fraction of sp³-hybridized carbons (Fsp3) is 0.333. The minimum absolute atomic E-state index is 0.115. The zero-order valence-corrected chi connectivity index (χ0v) is 16.7. The first-order valence-electron chi connectivity index (χ1n) is 9.06. The van der Waals surface area contributed by atoms with E-state index in [0.717, 1.165) is 17.1 Å². The molecular weight excluding hydrogens is 358 g/mol. The summed E-state index contributed by atoms with van der Waals surface area (Å²) >= 11 is 0. The first-order valence-corrected chi connectivity index (χ1v) is 9.06. The number of hydrogen-bond donors (Lipinski definition) is 2. The second-order valence-electron chi connectivity index (χ2n) is 6.29. The van der Waals surface area contributed by atoms with E-state index in [-0.39, 0.29) is 18.4 Å². The number of rotatable bonds is 9. The Labute approximate surface area is 165 Å². The molecule has 0 saturated heterocycles. The highest BCUT2D eigenvalue weighted by Gasteiger charge is 2.13. The van der Waals surface area contributed by atoms with E-state index in [2.05, 4.69) is 10.6 Å². The van der Waals surface area contributed by atoms with Gasteiger partial charge in [0.15, 0.2) is 0 Å². The molecule has 0 unspecified atom stereocenters. The molecule has 0 aliphatic carbocycles. The Morgan fingerprint density at radius 1 is 0.964 bits per heavy atom. The molecule has 150 valence electrons. The summed E-state index contributed by atoms with van der Waals surface area (Å²) < 4.78 is 10.7. The van der Waals surface area contributed by atoms with Crippen molar-refractivity contribution in [2.24, 2.45) is 0 Å². The van der Waals surface area contributed by atoms with Gasteiger partial charge < -0.3 is 20.1 Å². The Morgan fingerprint density at radius 3 is 2.14 bits per heavy atom. The lowest BCUT2D eigenvalue weighted by Crippen LogP contribution is -2.32. The predicted octanol–water partition coefficient (Wildman–Crippen LogP) is 3.12. The highest BCUT2D eigenvalue weighted by atomic mass is 16.5. The molecule has 2 amide bonds. The Bertz CT molecular complexity index is 806. The highest BCUT2D eigenvalue weighted by Crippen LogP contribution is 2.25. The number of ether oxygens (including phenoxy) is 2. The van der Waals surface area contributed by atoms with Crippen LogP contribution in [-0.4, -0.2) is 44.0 Å². The van der Waals surface area contributed by atoms with E-state index in [4.69, 9.17) is 9.47 Å². The third-order valence-electron chi connectivity index (χ3n) is 4.18. The molecular formula is C21H27N3O4. The van der Waals surface area contributed by atoms with Gasteiger partial charge in [0.25, 0.3) is 0 Å². The number of methoxy groups -OCH3 is 2. The fourth-order valence-electron chi connectivity index (χ4n) is 2.77. The van der Waals surface area contributed by atoms with Gasteiger partial charge in [-0.15, -0.1) is 0 Å². The van der Waals surface area contributed by atoms with E-state index >= 15 is 0 Å². The topological polar surface area (TPSA) is 79.9 Å². The van der Waals surface area contributed by atoms with Crippen LogP contribution < -0.4 is 20.1 Å². The highest BCUT2D eigenvalue weighted by molar-refractivity contribution is 5.93. The molecule has 2 aromatic rings. The lowest BCUT2D eigenvalue weighted by atomic mass is 10.1. The number of hydrogen-bond acceptors (Lipinski definition) is 5. The molecule has 0 spiro atoms. The lowest BCUT2D eigenvalue weighted by molar-refractivity contribution is -0.117. The van der Waals surface area contributed by atoms with Crippen molar-refractivity contribution >= 4 is 23.2 Å². The van der Waals surface area contributed by atoms with E-state index in [1.165, 1.54) is 6.92 Å². The molecule has 0 saturated carbocycles. The van der Waals surface area contributed by atoms with Crippen molar-refractivity contribution in [3.8, 4) is 11.5 Å². The van der Waals surface area contributed by atoms with Gasteiger partial charge in [-0.25, -0.2) is 0 Å². The van der Waals surface area contributed by atoms with Gasteiger partial charge >= 0.3 is 0 Å². The first-order chi connectivity index (χ1) is 13.4. The maximum absolute atomic E-state index is 12.4. The molecule has 7 heteroatoms. The van der Waals surface area contributed by atoms with Crippen molar-refractivity contribution in [2.75, 3.05) is 37.9 Å². The largest absolute Gasteiger partial charge is 0.497 e. The predicted molar refractivity (Wildman–Crippen MR) is 110 cm³/mol. The van der Waals surface area contributed by atoms with Crippen LogP contribution in [0.1, 0.15) is 19.4 Å². The van der Waals surface area contributed by atoms with E-state index in [0.29, 0.717) is 24.5 Å². The molecule has 0 radical (unpaired) electrons. The van der Waals surface area contributed by atoms with Crippen LogP contribution >= 0.6 is 0 Å². The first kappa shape index (κ1) is 21.2. The smallest absolute Gasteiger partial charge is 0.238 e. The van der Waals surface area contributed by atoms with Crippen LogP contribution in [0.4, 0.5) is 11.4 Å². The molecule has 7 nitrogen and oxygen atoms in total. The van der Waals surface area contributed by atoms with Crippen LogP contribution in [0.5, 0.6) is 11.5 Å². The molecule has 2 rings (SSSR count). The van der Waals surface area contributed by atoms with Crippen LogP contribution in [0, 0.1) is 0 Å². The summed E-state index contributed by atoms with van der Waals surface area (Å²) in [6, 6.07) is 12.6. The maximum atomic E-state index is 12.4. The van der Waals surface area contributed by atoms with Gasteiger partial charge in [-0.05, 0) is 49.0 Å². The standard InChI is InChI=1S/C21H27N3O4/c1-5-24(13-16-12-19(27-3)10-11-20(16)28-4)14-21(26)23-18-8-6-17(7-9-18)22-15(2)25/h6-12H,5,13-14H2,1-4H3,(H,22,25)(H,23,26). The Morgan fingerprint density at radius 2 is 1.61 bits per heavy atom. The average molecular weight is 385 g/mol. The minimum atomic E-state index is -0.136. The van der Waals surface area contributed by atoms with Crippen LogP contribution in [0.2, 0.25) is 0 Å². The van der Waals surface area contributed by atoms with Gasteiger partial charge in [0, 0.05) is 30.4 Å². The number of anilines is 2. The van der Waals surface area contributed by atoms with E-state index in [9.17, 15) is 9.59 Å². The number of nitrogens with zero attached hydrogens (tertiary/aromatic N) is 1. The van der Waals surface area contributed by atoms with E-state index in [1.54, 1.807) is 38.5 Å². The lowest BCUT2D eigenvalue weighted by Gasteiger charge is -2.21. The molecule has 0 fully saturated rings. The molecule has 0 aliphatic heterocycles. The number of carbonyl (C=O) groups is 2. The van der Waals surface area contributed by atoms with Gasteiger partial charge in [-0.1, -0.05) is 6.92 Å². The quantitative estimate of drug-likeness (QED) is 0.693. The summed E-state index contributed by atoms with van der Waals surface area (Å²) in [5.41, 5.74) is 2.32. The second kappa shape index (κ2) is 10.3. The van der Waals surface area contributed by atoms with Crippen molar-refractivity contribution in [1.82, 2.24) is 4.90 Å². The zero-order valence-electron chi connectivity index (χ0n) is 16.7. The molecule has 0 aliphatic rings. The van der Waals surface area contributed by atoms with Crippen molar-refractivity contribution in [3.63, 3.8) is 0 Å². The second-order valence-corrected chi connectivity index (χ2v) is 6.29. The van der Waals surface area contributed by atoms with Crippen molar-refractivity contribution in [3.05, 3.63) is 48.0 Å². The van der Waals surface area contributed by atoms with Crippen LogP contribution in [0.15, 0.2) is 42.5 Å². The summed E-state index contributed by atoms with van der Waals surface area (Å²) in [5.74, 6) is 1.25. The van der Waals surface area contributed by atoms with Gasteiger partial charge in [0.1, 0.15) is 11.5 Å². The summed E-state index contributed by atoms with van der Waals surface area (Å²) in [5, 5.41) is 5.57. The number of likely N-dealkylation sites (N-methyl/N-ethyl adjacent to an activating group) is 1. The Hall–Kier alpha value is -3.06. The van der Waals surface area contributed by atoms with Crippen LogP contribution in [-0.2, 0) is 16.1 Å². The monoisotopic (exact) mass is 385 g/mol. The van der Waals surface area contributed by atoms with Gasteiger partial charge in [-0.3, -0.25) is 14.5 Å². The number of carbonyl (C=O) groups excluding carboxylic acids is 2. The van der Waals surface area contributed by atoms with Crippen molar-refractivity contribution in [1.29, 1.82) is 0 Å². The Kier molecular flexibility index (Phi) is 7.83. The summed E-state index contributed by atoms with van der Waals surface area (Å²) in [7, 11) is 3.24. The zero-order chi connectivity index (χ0) is 20.5. The van der Waals surface area contributed by atoms with Gasteiger partial charge in [0.2, 0.25) is 11.8 Å². The van der Waals surface area contributed by atoms with Crippen LogP contribution in [0.3, 0.4) is 0 Å². The van der Waals surface area contributed by atoms with Crippen molar-refractivity contribution < 1.29 is 19.1 Å². The maximum Gasteiger partial charge on any atom is 0.238 e. The molecule has 0 heterocycles. The van der Waals surface area contributed by atoms with Crippen molar-refractivity contribution in [2.45, 2.75) is 20.4 Å². The molecule has 0 aromatic heterocycles. The van der Waals surface area contributed by atoms with Gasteiger partial charge in [0.05, 0.1) is 20.8 Å². The third kappa shape index (κ3) is 6.28. The summed E-state index contributed by atoms with van der Waals surface area (Å²) in [6.07, 6.45) is 0. The van der Waals surface area contributed by atoms with E-state index < -0.39 is 0 Å². The normalized spacial score (nSPS) is 10.5. The minimum Gasteiger partial charge on any atom is -0.497 e. The molecule has 28 heavy (non-hydrogen) atoms. The summed E-state index contributed by atoms with van der Waals surface area (Å²) in [4.78, 5) is 25.5. The molecule has 0 bridgehead atoms. The number of benzene rings is 2. The van der Waals surface area contributed by atoms with E-state index in [1.807, 2.05) is 30.0 Å².